The van der Waals surface area contributed by atoms with Gasteiger partial charge in [0.15, 0.2) is 4.90 Å². The van der Waals surface area contributed by atoms with Gasteiger partial charge in [0.05, 0.1) is 15.4 Å². The SMILES string of the molecule is CC1(C)C=C2COC(=O)[N+](C3CCN(S(=O)(=O)c4cccc(F)c4)CC3)(C3CCN(S(=O)(=O)c4ccc(C(F)(F)F)cc4[N+](=O)[O-])CC3)C2=CC1. The maximum Gasteiger partial charge on any atom is 0.522 e. The van der Waals surface area contributed by atoms with Crippen LogP contribution in [0.5, 0.6) is 0 Å². The summed E-state index contributed by atoms with van der Waals surface area (Å²) in [5, 5.41) is 11.7. The van der Waals surface area contributed by atoms with E-state index in [1.165, 1.54) is 16.4 Å². The van der Waals surface area contributed by atoms with Gasteiger partial charge in [0.1, 0.15) is 30.2 Å². The maximum absolute atomic E-state index is 14.2. The van der Waals surface area contributed by atoms with E-state index in [1.54, 1.807) is 0 Å². The summed E-state index contributed by atoms with van der Waals surface area (Å²) in [5.74, 6) is -0.695. The number of nitro groups is 1. The van der Waals surface area contributed by atoms with Crippen LogP contribution in [0, 0.1) is 21.3 Å². The largest absolute Gasteiger partial charge is 0.522 e. The van der Waals surface area contributed by atoms with E-state index in [-0.39, 0.29) is 79.3 Å². The molecule has 4 aliphatic rings. The number of nitro benzene ring substituents is 1. The average molecular weight is 758 g/mol. The number of fused-ring (bicyclic) bond motifs is 1. The van der Waals surface area contributed by atoms with Crippen LogP contribution < -0.4 is 0 Å². The summed E-state index contributed by atoms with van der Waals surface area (Å²) in [7, 11) is -8.67. The minimum atomic E-state index is -4.93. The number of halogens is 4. The average Bonchev–Trinajstić information content (AvgIpc) is 3.07. The van der Waals surface area contributed by atoms with Crippen LogP contribution in [0.15, 0.2) is 75.7 Å². The Morgan fingerprint density at radius 1 is 0.922 bits per heavy atom. The van der Waals surface area contributed by atoms with Gasteiger partial charge in [-0.1, -0.05) is 26.0 Å². The Labute approximate surface area is 292 Å². The number of sulfonamides is 2. The highest BCUT2D eigenvalue weighted by Gasteiger charge is 2.60. The van der Waals surface area contributed by atoms with Crippen LogP contribution in [0.25, 0.3) is 0 Å². The zero-order chi connectivity index (χ0) is 37.1. The highest BCUT2D eigenvalue weighted by molar-refractivity contribution is 7.89. The molecule has 1 aliphatic carbocycles. The van der Waals surface area contributed by atoms with Crippen molar-refractivity contribution in [3.63, 3.8) is 0 Å². The lowest BCUT2D eigenvalue weighted by molar-refractivity contribution is -0.875. The molecule has 1 atom stereocenters. The monoisotopic (exact) mass is 757 g/mol. The second kappa shape index (κ2) is 13.1. The topological polar surface area (TPSA) is 144 Å². The minimum absolute atomic E-state index is 0.0272. The van der Waals surface area contributed by atoms with Gasteiger partial charge < -0.3 is 4.74 Å². The number of piperidine rings is 2. The maximum atomic E-state index is 14.2. The number of carbonyl (C=O) groups excluding carboxylic acids is 1. The van der Waals surface area contributed by atoms with Crippen LogP contribution in [0.1, 0.15) is 51.5 Å². The molecule has 0 spiro atoms. The van der Waals surface area contributed by atoms with Crippen molar-refractivity contribution in [2.45, 2.75) is 74.0 Å². The van der Waals surface area contributed by atoms with Gasteiger partial charge >= 0.3 is 12.3 Å². The standard InChI is InChI=1S/C33H37F4N4O8S2/c1-32(2)13-8-29-22(20-32)21-49-31(42)41(29,25-9-14-38(15-10-25)50(45,46)27-5-3-4-24(34)19-27)26-11-16-39(17-12-26)51(47,48)30-7-6-23(33(35,36)37)18-28(30)40(43)44/h3-8,18-20,25-26H,9-17,21H2,1-2H3/q+1. The molecule has 0 aromatic heterocycles. The van der Waals surface area contributed by atoms with Gasteiger partial charge in [-0.25, -0.2) is 21.2 Å². The predicted octanol–water partition coefficient (Wildman–Crippen LogP) is 5.97. The van der Waals surface area contributed by atoms with Gasteiger partial charge in [0.25, 0.3) is 5.69 Å². The van der Waals surface area contributed by atoms with Crippen molar-refractivity contribution in [1.29, 1.82) is 0 Å². The summed E-state index contributed by atoms with van der Waals surface area (Å²) >= 11 is 0. The summed E-state index contributed by atoms with van der Waals surface area (Å²) in [4.78, 5) is 23.7. The van der Waals surface area contributed by atoms with E-state index in [0.717, 1.165) is 27.7 Å². The zero-order valence-corrected chi connectivity index (χ0v) is 29.4. The van der Waals surface area contributed by atoms with Crippen molar-refractivity contribution in [2.75, 3.05) is 32.8 Å². The molecule has 2 aromatic carbocycles. The van der Waals surface area contributed by atoms with E-state index in [9.17, 15) is 49.3 Å². The fraction of sp³-hybridized carbons (Fsp3) is 0.485. The van der Waals surface area contributed by atoms with E-state index in [1.807, 2.05) is 19.9 Å². The van der Waals surface area contributed by atoms with E-state index >= 15 is 0 Å². The number of cyclic esters (lactones) is 1. The first-order valence-electron chi connectivity index (χ1n) is 16.4. The number of carbonyl (C=O) groups is 1. The summed E-state index contributed by atoms with van der Waals surface area (Å²) in [5.41, 5.74) is -1.27. The van der Waals surface area contributed by atoms with Crippen molar-refractivity contribution in [2.24, 2.45) is 5.41 Å². The molecule has 3 heterocycles. The molecule has 1 unspecified atom stereocenters. The first kappa shape index (κ1) is 37.1. The molecule has 18 heteroatoms. The van der Waals surface area contributed by atoms with Crippen molar-refractivity contribution in [3.05, 3.63) is 87.4 Å². The summed E-state index contributed by atoms with van der Waals surface area (Å²) in [6.07, 6.45) is -0.184. The first-order chi connectivity index (χ1) is 23.8. The summed E-state index contributed by atoms with van der Waals surface area (Å²) in [6, 6.07) is 4.99. The summed E-state index contributed by atoms with van der Waals surface area (Å²) < 4.78 is 116. The first-order valence-corrected chi connectivity index (χ1v) is 19.3. The number of hydrogen-bond donors (Lipinski definition) is 0. The number of quaternary nitrogens is 1. The molecule has 3 saturated heterocycles. The number of nitrogens with zero attached hydrogens (tertiary/aromatic N) is 4. The third-order valence-corrected chi connectivity index (χ3v) is 14.1. The molecule has 0 N–H and O–H groups in total. The van der Waals surface area contributed by atoms with Gasteiger partial charge in [-0.15, -0.1) is 0 Å². The Hall–Kier alpha value is -3.71. The van der Waals surface area contributed by atoms with E-state index in [2.05, 4.69) is 6.08 Å². The lowest BCUT2D eigenvalue weighted by Crippen LogP contribution is -2.69. The van der Waals surface area contributed by atoms with Gasteiger partial charge in [-0.05, 0) is 48.2 Å². The fourth-order valence-corrected chi connectivity index (χ4v) is 11.0. The van der Waals surface area contributed by atoms with E-state index < -0.39 is 71.3 Å². The second-order valence-corrected chi connectivity index (χ2v) is 17.8. The summed E-state index contributed by atoms with van der Waals surface area (Å²) in [6.45, 7) is 3.78. The molecule has 6 rings (SSSR count). The van der Waals surface area contributed by atoms with Crippen molar-refractivity contribution in [3.8, 4) is 0 Å². The number of rotatable bonds is 7. The van der Waals surface area contributed by atoms with Crippen LogP contribution >= 0.6 is 0 Å². The molecule has 2 aromatic rings. The quantitative estimate of drug-likeness (QED) is 0.146. The predicted molar refractivity (Wildman–Crippen MR) is 174 cm³/mol. The van der Waals surface area contributed by atoms with E-state index in [0.29, 0.717) is 18.6 Å². The normalized spacial score (nSPS) is 24.3. The van der Waals surface area contributed by atoms with Crippen molar-refractivity contribution < 1.29 is 53.3 Å². The van der Waals surface area contributed by atoms with Crippen molar-refractivity contribution in [1.82, 2.24) is 8.61 Å². The Bertz CT molecular complexity index is 2040. The number of allylic oxidation sites excluding steroid dienone is 2. The third-order valence-electron chi connectivity index (χ3n) is 10.3. The Kier molecular flexibility index (Phi) is 9.48. The molecule has 0 bridgehead atoms. The van der Waals surface area contributed by atoms with Gasteiger partial charge in [-0.2, -0.15) is 31.1 Å². The molecule has 3 fully saturated rings. The lowest BCUT2D eigenvalue weighted by atomic mass is 9.79. The molecule has 0 radical (unpaired) electrons. The lowest BCUT2D eigenvalue weighted by Gasteiger charge is -2.53. The Balaban J connectivity index is 1.31. The smallest absolute Gasteiger partial charge is 0.415 e. The van der Waals surface area contributed by atoms with Crippen LogP contribution in [0.3, 0.4) is 0 Å². The minimum Gasteiger partial charge on any atom is -0.415 e. The van der Waals surface area contributed by atoms with E-state index in [4.69, 9.17) is 4.74 Å². The Morgan fingerprint density at radius 2 is 1.51 bits per heavy atom. The van der Waals surface area contributed by atoms with Crippen LogP contribution in [0.4, 0.5) is 28.0 Å². The number of alkyl halides is 3. The van der Waals surface area contributed by atoms with Crippen LogP contribution in [-0.2, 0) is 31.0 Å². The molecule has 12 nitrogen and oxygen atoms in total. The number of amides is 1. The molecule has 3 aliphatic heterocycles. The van der Waals surface area contributed by atoms with Crippen LogP contribution in [0.2, 0.25) is 0 Å². The second-order valence-electron chi connectivity index (χ2n) is 13.9. The highest BCUT2D eigenvalue weighted by Crippen LogP contribution is 2.48. The molecule has 276 valence electrons. The molecule has 0 saturated carbocycles. The highest BCUT2D eigenvalue weighted by atomic mass is 32.2. The van der Waals surface area contributed by atoms with Gasteiger partial charge in [0, 0.05) is 63.5 Å². The molecule has 51 heavy (non-hydrogen) atoms. The third kappa shape index (κ3) is 6.60. The molecule has 1 amide bonds. The number of ether oxygens (including phenoxy) is 1. The zero-order valence-electron chi connectivity index (χ0n) is 27.8. The number of hydrogen-bond acceptors (Lipinski definition) is 8. The number of benzene rings is 2. The Morgan fingerprint density at radius 3 is 2.06 bits per heavy atom. The fourth-order valence-electron chi connectivity index (χ4n) is 7.88. The van der Waals surface area contributed by atoms with Crippen molar-refractivity contribution >= 4 is 31.8 Å². The van der Waals surface area contributed by atoms with Gasteiger partial charge in [-0.3, -0.25) is 10.1 Å². The van der Waals surface area contributed by atoms with Crippen LogP contribution in [-0.4, -0.2) is 85.8 Å². The molecular weight excluding hydrogens is 721 g/mol. The van der Waals surface area contributed by atoms with Gasteiger partial charge in [0.2, 0.25) is 20.0 Å². The molecular formula is C33H37F4N4O8S2+.